The molecule has 1 atom stereocenters. The third-order valence-electron chi connectivity index (χ3n) is 5.19. The molecule has 1 aromatic rings. The highest BCUT2D eigenvalue weighted by atomic mass is 16.5. The van der Waals surface area contributed by atoms with E-state index in [0.29, 0.717) is 13.1 Å². The van der Waals surface area contributed by atoms with Crippen molar-refractivity contribution in [2.24, 2.45) is 4.99 Å². The molecule has 1 aromatic heterocycles. The van der Waals surface area contributed by atoms with Crippen LogP contribution in [0.25, 0.3) is 0 Å². The van der Waals surface area contributed by atoms with Crippen LogP contribution in [0.5, 0.6) is 0 Å². The summed E-state index contributed by atoms with van der Waals surface area (Å²) < 4.78 is 11.1. The van der Waals surface area contributed by atoms with Gasteiger partial charge in [-0.15, -0.1) is 0 Å². The first-order valence-electron chi connectivity index (χ1n) is 10.8. The zero-order chi connectivity index (χ0) is 20.5. The Labute approximate surface area is 173 Å². The molecule has 2 saturated heterocycles. The van der Waals surface area contributed by atoms with Crippen LogP contribution < -0.4 is 10.6 Å². The Morgan fingerprint density at radius 2 is 2.14 bits per heavy atom. The smallest absolute Gasteiger partial charge is 0.234 e. The highest BCUT2D eigenvalue weighted by molar-refractivity contribution is 5.80. The molecule has 162 valence electrons. The van der Waals surface area contributed by atoms with Gasteiger partial charge in [-0.05, 0) is 38.8 Å². The van der Waals surface area contributed by atoms with Crippen molar-refractivity contribution in [2.45, 2.75) is 45.3 Å². The summed E-state index contributed by atoms with van der Waals surface area (Å²) in [5.74, 6) is 1.99. The first-order chi connectivity index (χ1) is 14.1. The number of nitrogens with zero attached hydrogens (tertiary/aromatic N) is 3. The van der Waals surface area contributed by atoms with Gasteiger partial charge in [0.25, 0.3) is 0 Å². The second-order valence-corrected chi connectivity index (χ2v) is 8.04. The molecule has 8 nitrogen and oxygen atoms in total. The number of nitrogens with one attached hydrogen (secondary N) is 2. The highest BCUT2D eigenvalue weighted by Crippen LogP contribution is 2.12. The molecule has 0 radical (unpaired) electrons. The summed E-state index contributed by atoms with van der Waals surface area (Å²) in [4.78, 5) is 21.4. The van der Waals surface area contributed by atoms with E-state index in [1.807, 2.05) is 26.0 Å². The predicted octanol–water partition coefficient (Wildman–Crippen LogP) is 1.09. The summed E-state index contributed by atoms with van der Waals surface area (Å²) in [6, 6.07) is 4.08. The summed E-state index contributed by atoms with van der Waals surface area (Å²) in [6.45, 7) is 10.2. The van der Waals surface area contributed by atoms with Crippen LogP contribution >= 0.6 is 0 Å². The van der Waals surface area contributed by atoms with Gasteiger partial charge in [-0.3, -0.25) is 14.7 Å². The van der Waals surface area contributed by atoms with E-state index in [2.05, 4.69) is 20.4 Å². The van der Waals surface area contributed by atoms with E-state index in [-0.39, 0.29) is 18.1 Å². The molecule has 8 heteroatoms. The molecule has 1 unspecified atom stereocenters. The average Bonchev–Trinajstić information content (AvgIpc) is 3.38. The first kappa shape index (κ1) is 21.6. The van der Waals surface area contributed by atoms with E-state index in [1.54, 1.807) is 6.26 Å². The number of hydrogen-bond acceptors (Lipinski definition) is 5. The minimum absolute atomic E-state index is 0.0947. The van der Waals surface area contributed by atoms with Gasteiger partial charge in [-0.25, -0.2) is 0 Å². The van der Waals surface area contributed by atoms with Crippen molar-refractivity contribution in [3.8, 4) is 0 Å². The average molecular weight is 406 g/mol. The van der Waals surface area contributed by atoms with E-state index in [0.717, 1.165) is 70.3 Å². The number of carbonyl (C=O) groups is 1. The molecule has 0 bridgehead atoms. The number of piperazine rings is 1. The SMILES string of the molecule is CC(C)NC(=O)CN1CCN(C(=NCC2CCCO2)NCCc2ccco2)CC1. The molecule has 29 heavy (non-hydrogen) atoms. The van der Waals surface area contributed by atoms with Gasteiger partial charge < -0.3 is 24.7 Å². The Kier molecular flexibility index (Phi) is 8.37. The Bertz CT molecular complexity index is 633. The summed E-state index contributed by atoms with van der Waals surface area (Å²) in [6.07, 6.45) is 4.97. The largest absolute Gasteiger partial charge is 0.469 e. The number of guanidine groups is 1. The van der Waals surface area contributed by atoms with Crippen LogP contribution in [0, 0.1) is 0 Å². The van der Waals surface area contributed by atoms with Gasteiger partial charge >= 0.3 is 0 Å². The highest BCUT2D eigenvalue weighted by Gasteiger charge is 2.22. The molecule has 2 N–H and O–H groups in total. The van der Waals surface area contributed by atoms with Gasteiger partial charge in [-0.2, -0.15) is 0 Å². The van der Waals surface area contributed by atoms with Crippen molar-refractivity contribution in [3.05, 3.63) is 24.2 Å². The number of hydrogen-bond donors (Lipinski definition) is 2. The topological polar surface area (TPSA) is 82.3 Å². The van der Waals surface area contributed by atoms with Crippen LogP contribution in [-0.2, 0) is 16.0 Å². The van der Waals surface area contributed by atoms with Crippen molar-refractivity contribution < 1.29 is 13.9 Å². The molecule has 2 aliphatic rings. The van der Waals surface area contributed by atoms with Crippen molar-refractivity contribution in [3.63, 3.8) is 0 Å². The molecule has 2 fully saturated rings. The lowest BCUT2D eigenvalue weighted by Crippen LogP contribution is -2.54. The Hall–Kier alpha value is -2.06. The van der Waals surface area contributed by atoms with Gasteiger partial charge in [0.1, 0.15) is 5.76 Å². The fraction of sp³-hybridized carbons (Fsp3) is 0.714. The quantitative estimate of drug-likeness (QED) is 0.498. The second-order valence-electron chi connectivity index (χ2n) is 8.04. The first-order valence-corrected chi connectivity index (χ1v) is 10.8. The summed E-state index contributed by atoms with van der Waals surface area (Å²) in [5.41, 5.74) is 0. The zero-order valence-electron chi connectivity index (χ0n) is 17.7. The number of amides is 1. The minimum Gasteiger partial charge on any atom is -0.469 e. The number of carbonyl (C=O) groups excluding carboxylic acids is 1. The lowest BCUT2D eigenvalue weighted by atomic mass is 10.2. The number of rotatable bonds is 8. The molecular weight excluding hydrogens is 370 g/mol. The van der Waals surface area contributed by atoms with Gasteiger partial charge in [-0.1, -0.05) is 0 Å². The monoisotopic (exact) mass is 405 g/mol. The number of furan rings is 1. The molecule has 0 spiro atoms. The van der Waals surface area contributed by atoms with Gasteiger partial charge in [0.05, 0.1) is 25.5 Å². The fourth-order valence-electron chi connectivity index (χ4n) is 3.69. The van der Waals surface area contributed by atoms with Gasteiger partial charge in [0.2, 0.25) is 5.91 Å². The Morgan fingerprint density at radius 3 is 2.79 bits per heavy atom. The van der Waals surface area contributed by atoms with Crippen LogP contribution in [0.2, 0.25) is 0 Å². The van der Waals surface area contributed by atoms with Crippen molar-refractivity contribution in [1.29, 1.82) is 0 Å². The Morgan fingerprint density at radius 1 is 1.31 bits per heavy atom. The number of ether oxygens (including phenoxy) is 1. The third-order valence-corrected chi connectivity index (χ3v) is 5.19. The maximum Gasteiger partial charge on any atom is 0.234 e. The van der Waals surface area contributed by atoms with Crippen molar-refractivity contribution in [2.75, 3.05) is 52.4 Å². The standard InChI is InChI=1S/C21H35N5O3/c1-17(2)24-20(27)16-25-9-11-26(12-10-25)21(23-15-19-6-4-14-29-19)22-8-7-18-5-3-13-28-18/h3,5,13,17,19H,4,6-12,14-16H2,1-2H3,(H,22,23)(H,24,27). The molecule has 3 rings (SSSR count). The molecular formula is C21H35N5O3. The molecule has 0 aromatic carbocycles. The summed E-state index contributed by atoms with van der Waals surface area (Å²) in [5, 5.41) is 6.46. The molecule has 0 saturated carbocycles. The molecule has 1 amide bonds. The lowest BCUT2D eigenvalue weighted by molar-refractivity contribution is -0.123. The molecule has 3 heterocycles. The zero-order valence-corrected chi connectivity index (χ0v) is 17.7. The van der Waals surface area contributed by atoms with E-state index < -0.39 is 0 Å². The second kappa shape index (κ2) is 11.2. The fourth-order valence-corrected chi connectivity index (χ4v) is 3.69. The van der Waals surface area contributed by atoms with Gasteiger partial charge in [0, 0.05) is 51.8 Å². The van der Waals surface area contributed by atoms with E-state index in [9.17, 15) is 4.79 Å². The van der Waals surface area contributed by atoms with Crippen molar-refractivity contribution >= 4 is 11.9 Å². The van der Waals surface area contributed by atoms with Crippen molar-refractivity contribution in [1.82, 2.24) is 20.4 Å². The van der Waals surface area contributed by atoms with Crippen LogP contribution in [-0.4, -0.2) is 86.2 Å². The predicted molar refractivity (Wildman–Crippen MR) is 113 cm³/mol. The van der Waals surface area contributed by atoms with E-state index >= 15 is 0 Å². The van der Waals surface area contributed by atoms with Crippen LogP contribution in [0.15, 0.2) is 27.8 Å². The number of aliphatic imine (C=N–C) groups is 1. The third kappa shape index (κ3) is 7.36. The maximum atomic E-state index is 12.0. The molecule has 2 aliphatic heterocycles. The lowest BCUT2D eigenvalue weighted by Gasteiger charge is -2.36. The van der Waals surface area contributed by atoms with Gasteiger partial charge in [0.15, 0.2) is 5.96 Å². The normalized spacial score (nSPS) is 21.0. The van der Waals surface area contributed by atoms with E-state index in [1.165, 1.54) is 0 Å². The summed E-state index contributed by atoms with van der Waals surface area (Å²) >= 11 is 0. The van der Waals surface area contributed by atoms with Crippen LogP contribution in [0.3, 0.4) is 0 Å². The maximum absolute atomic E-state index is 12.0. The summed E-state index contributed by atoms with van der Waals surface area (Å²) in [7, 11) is 0. The van der Waals surface area contributed by atoms with Crippen LogP contribution in [0.1, 0.15) is 32.4 Å². The minimum atomic E-state index is 0.0947. The Balaban J connectivity index is 1.49. The van der Waals surface area contributed by atoms with E-state index in [4.69, 9.17) is 14.1 Å². The molecule has 0 aliphatic carbocycles. The van der Waals surface area contributed by atoms with Crippen LogP contribution in [0.4, 0.5) is 0 Å².